The molecule has 0 aliphatic rings. The average molecular weight is 415 g/mol. The van der Waals surface area contributed by atoms with Crippen LogP contribution < -0.4 is 10.6 Å². The number of carbonyl (C=O) groups is 2. The van der Waals surface area contributed by atoms with Crippen LogP contribution in [0.15, 0.2) is 36.4 Å². The van der Waals surface area contributed by atoms with Crippen molar-refractivity contribution in [3.05, 3.63) is 63.2 Å². The number of rotatable bonds is 9. The Hall–Kier alpha value is -3.46. The summed E-state index contributed by atoms with van der Waals surface area (Å²) in [7, 11) is 1.53. The molecule has 2 N–H and O–H groups in total. The van der Waals surface area contributed by atoms with Crippen molar-refractivity contribution in [2.45, 2.75) is 26.9 Å². The van der Waals surface area contributed by atoms with Crippen LogP contribution in [0.2, 0.25) is 0 Å². The summed E-state index contributed by atoms with van der Waals surface area (Å²) in [6.07, 6.45) is -1.11. The van der Waals surface area contributed by atoms with E-state index >= 15 is 0 Å². The molecule has 0 unspecified atom stereocenters. The van der Waals surface area contributed by atoms with E-state index in [4.69, 9.17) is 9.47 Å². The summed E-state index contributed by atoms with van der Waals surface area (Å²) < 4.78 is 10.2. The van der Waals surface area contributed by atoms with Gasteiger partial charge in [0.25, 0.3) is 11.6 Å². The fourth-order valence-electron chi connectivity index (χ4n) is 2.77. The van der Waals surface area contributed by atoms with Gasteiger partial charge in [0, 0.05) is 37.2 Å². The van der Waals surface area contributed by atoms with E-state index in [9.17, 15) is 19.7 Å². The highest BCUT2D eigenvalue weighted by molar-refractivity contribution is 6.00. The zero-order valence-electron chi connectivity index (χ0n) is 17.4. The first-order chi connectivity index (χ1) is 14.2. The summed E-state index contributed by atoms with van der Waals surface area (Å²) in [5.74, 6) is -1.34. The summed E-state index contributed by atoms with van der Waals surface area (Å²) in [5, 5.41) is 16.8. The van der Waals surface area contributed by atoms with Gasteiger partial charge < -0.3 is 20.1 Å². The van der Waals surface area contributed by atoms with Gasteiger partial charge in [0.2, 0.25) is 0 Å². The van der Waals surface area contributed by atoms with Gasteiger partial charge in [-0.2, -0.15) is 0 Å². The van der Waals surface area contributed by atoms with E-state index in [1.165, 1.54) is 26.2 Å². The van der Waals surface area contributed by atoms with Gasteiger partial charge in [-0.05, 0) is 38.0 Å². The van der Waals surface area contributed by atoms with Crippen LogP contribution in [0, 0.1) is 24.0 Å². The van der Waals surface area contributed by atoms with E-state index in [-0.39, 0.29) is 11.3 Å². The van der Waals surface area contributed by atoms with E-state index in [2.05, 4.69) is 10.6 Å². The minimum absolute atomic E-state index is 0.0352. The Labute approximate surface area is 174 Å². The number of nitro benzene ring substituents is 1. The van der Waals surface area contributed by atoms with E-state index in [1.807, 2.05) is 32.0 Å². The van der Waals surface area contributed by atoms with Crippen molar-refractivity contribution in [2.24, 2.45) is 0 Å². The largest absolute Gasteiger partial charge is 0.449 e. The molecule has 30 heavy (non-hydrogen) atoms. The highest BCUT2D eigenvalue weighted by Gasteiger charge is 2.23. The fraction of sp³-hybridized carbons (Fsp3) is 0.333. The first-order valence-electron chi connectivity index (χ1n) is 9.34. The average Bonchev–Trinajstić information content (AvgIpc) is 2.70. The van der Waals surface area contributed by atoms with Gasteiger partial charge >= 0.3 is 5.97 Å². The monoisotopic (exact) mass is 415 g/mol. The molecule has 9 heteroatoms. The smallest absolute Gasteiger partial charge is 0.341 e. The van der Waals surface area contributed by atoms with Crippen molar-refractivity contribution >= 4 is 28.9 Å². The van der Waals surface area contributed by atoms with Crippen molar-refractivity contribution in [3.63, 3.8) is 0 Å². The van der Waals surface area contributed by atoms with Crippen LogP contribution in [0.3, 0.4) is 0 Å². The van der Waals surface area contributed by atoms with Gasteiger partial charge in [-0.25, -0.2) is 4.79 Å². The molecule has 0 aromatic heterocycles. The Morgan fingerprint density at radius 1 is 1.17 bits per heavy atom. The topological polar surface area (TPSA) is 120 Å². The van der Waals surface area contributed by atoms with Crippen LogP contribution in [0.5, 0.6) is 0 Å². The van der Waals surface area contributed by atoms with E-state index in [0.717, 1.165) is 17.2 Å². The summed E-state index contributed by atoms with van der Waals surface area (Å²) in [6, 6.07) is 9.42. The molecule has 9 nitrogen and oxygen atoms in total. The van der Waals surface area contributed by atoms with E-state index in [1.54, 1.807) is 0 Å². The zero-order chi connectivity index (χ0) is 22.3. The first-order valence-corrected chi connectivity index (χ1v) is 9.34. The molecule has 0 heterocycles. The third-order valence-corrected chi connectivity index (χ3v) is 4.44. The summed E-state index contributed by atoms with van der Waals surface area (Å²) in [5.41, 5.74) is 2.47. The molecule has 160 valence electrons. The second-order valence-corrected chi connectivity index (χ2v) is 6.71. The molecule has 0 aliphatic carbocycles. The SMILES string of the molecule is COCCNc1ccc([N+](=O)[O-])cc1C(=O)O[C@H](C)C(=O)Nc1c(C)cccc1C. The Kier molecular flexibility index (Phi) is 7.88. The molecule has 0 radical (unpaired) electrons. The number of carbonyl (C=O) groups excluding carboxylic acids is 2. The highest BCUT2D eigenvalue weighted by atomic mass is 16.6. The van der Waals surface area contributed by atoms with E-state index in [0.29, 0.717) is 24.5 Å². The second-order valence-electron chi connectivity index (χ2n) is 6.71. The molecule has 0 saturated carbocycles. The third-order valence-electron chi connectivity index (χ3n) is 4.44. The molecule has 0 saturated heterocycles. The maximum Gasteiger partial charge on any atom is 0.341 e. The summed E-state index contributed by atoms with van der Waals surface area (Å²) >= 11 is 0. The number of hydrogen-bond acceptors (Lipinski definition) is 7. The van der Waals surface area contributed by atoms with Crippen LogP contribution in [-0.2, 0) is 14.3 Å². The molecule has 2 aromatic carbocycles. The molecule has 0 bridgehead atoms. The van der Waals surface area contributed by atoms with Gasteiger partial charge in [-0.3, -0.25) is 14.9 Å². The van der Waals surface area contributed by atoms with Crippen molar-refractivity contribution in [1.29, 1.82) is 0 Å². The minimum atomic E-state index is -1.11. The Bertz CT molecular complexity index is 924. The molecule has 0 fully saturated rings. The Balaban J connectivity index is 2.17. The number of anilines is 2. The number of esters is 1. The molecular formula is C21H25N3O6. The Morgan fingerprint density at radius 3 is 2.43 bits per heavy atom. The molecule has 0 aliphatic heterocycles. The first kappa shape index (κ1) is 22.8. The highest BCUT2D eigenvalue weighted by Crippen LogP contribution is 2.24. The van der Waals surface area contributed by atoms with Crippen molar-refractivity contribution in [1.82, 2.24) is 0 Å². The number of ether oxygens (including phenoxy) is 2. The number of nitrogens with zero attached hydrogens (tertiary/aromatic N) is 1. The van der Waals surface area contributed by atoms with Crippen LogP contribution in [0.25, 0.3) is 0 Å². The number of nitrogens with one attached hydrogen (secondary N) is 2. The zero-order valence-corrected chi connectivity index (χ0v) is 17.4. The van der Waals surface area contributed by atoms with Crippen molar-refractivity contribution in [3.8, 4) is 0 Å². The number of nitro groups is 1. The van der Waals surface area contributed by atoms with Crippen LogP contribution in [0.4, 0.5) is 17.1 Å². The molecule has 1 amide bonds. The predicted molar refractivity (Wildman–Crippen MR) is 113 cm³/mol. The number of hydrogen-bond donors (Lipinski definition) is 2. The maximum atomic E-state index is 12.7. The number of aryl methyl sites for hydroxylation is 2. The van der Waals surface area contributed by atoms with Gasteiger partial charge in [0.15, 0.2) is 6.10 Å². The molecule has 2 rings (SSSR count). The molecule has 2 aromatic rings. The predicted octanol–water partition coefficient (Wildman–Crippen LogP) is 3.45. The summed E-state index contributed by atoms with van der Waals surface area (Å²) in [4.78, 5) is 35.7. The van der Waals surface area contributed by atoms with E-state index < -0.39 is 22.9 Å². The van der Waals surface area contributed by atoms with Crippen molar-refractivity contribution < 1.29 is 24.0 Å². The normalized spacial score (nSPS) is 11.5. The lowest BCUT2D eigenvalue weighted by molar-refractivity contribution is -0.384. The van der Waals surface area contributed by atoms with Gasteiger partial charge in [-0.15, -0.1) is 0 Å². The summed E-state index contributed by atoms with van der Waals surface area (Å²) in [6.45, 7) is 5.92. The third kappa shape index (κ3) is 5.77. The van der Waals surface area contributed by atoms with Crippen LogP contribution in [0.1, 0.15) is 28.4 Å². The van der Waals surface area contributed by atoms with Crippen LogP contribution >= 0.6 is 0 Å². The second kappa shape index (κ2) is 10.4. The number of benzene rings is 2. The van der Waals surface area contributed by atoms with Crippen molar-refractivity contribution in [2.75, 3.05) is 30.9 Å². The lowest BCUT2D eigenvalue weighted by Gasteiger charge is -2.17. The molecular weight excluding hydrogens is 390 g/mol. The van der Waals surface area contributed by atoms with Gasteiger partial charge in [-0.1, -0.05) is 18.2 Å². The molecule has 1 atom stereocenters. The maximum absolute atomic E-state index is 12.7. The standard InChI is InChI=1S/C21H25N3O6/c1-13-6-5-7-14(2)19(13)23-20(25)15(3)30-21(26)17-12-16(24(27)28)8-9-18(17)22-10-11-29-4/h5-9,12,15,22H,10-11H2,1-4H3,(H,23,25)/t15-/m1/s1. The number of methoxy groups -OCH3 is 1. The Morgan fingerprint density at radius 2 is 1.83 bits per heavy atom. The lowest BCUT2D eigenvalue weighted by Crippen LogP contribution is -2.30. The molecule has 0 spiro atoms. The van der Waals surface area contributed by atoms with Gasteiger partial charge in [0.05, 0.1) is 17.1 Å². The lowest BCUT2D eigenvalue weighted by atomic mass is 10.1. The number of para-hydroxylation sites is 1. The fourth-order valence-corrected chi connectivity index (χ4v) is 2.77. The van der Waals surface area contributed by atoms with Crippen LogP contribution in [-0.4, -0.2) is 43.2 Å². The minimum Gasteiger partial charge on any atom is -0.449 e. The number of non-ortho nitro benzene ring substituents is 1. The number of amides is 1. The van der Waals surface area contributed by atoms with Gasteiger partial charge in [0.1, 0.15) is 0 Å². The quantitative estimate of drug-likeness (QED) is 0.278.